The normalized spacial score (nSPS) is 11.9. The van der Waals surface area contributed by atoms with Crippen LogP contribution in [0, 0.1) is 13.8 Å². The van der Waals surface area contributed by atoms with Crippen molar-refractivity contribution in [2.24, 2.45) is 0 Å². The monoisotopic (exact) mass is 372 g/mol. The quantitative estimate of drug-likeness (QED) is 0.525. The maximum Gasteiger partial charge on any atom is 0.338 e. The van der Waals surface area contributed by atoms with Gasteiger partial charge in [-0.2, -0.15) is 0 Å². The Labute approximate surface area is 160 Å². The molecule has 0 spiro atoms. The lowest BCUT2D eigenvalue weighted by molar-refractivity contribution is 0.0474. The summed E-state index contributed by atoms with van der Waals surface area (Å²) >= 11 is 0. The molecule has 1 heterocycles. The number of rotatable bonds is 8. The summed E-state index contributed by atoms with van der Waals surface area (Å²) < 4.78 is 12.5. The number of nitrogens with zero attached hydrogens (tertiary/aromatic N) is 2. The number of carbonyl (C=O) groups excluding carboxylic acids is 2. The predicted molar refractivity (Wildman–Crippen MR) is 106 cm³/mol. The van der Waals surface area contributed by atoms with Crippen LogP contribution in [0.25, 0.3) is 0 Å². The highest BCUT2D eigenvalue weighted by molar-refractivity contribution is 6.00. The average molecular weight is 372 g/mol. The van der Waals surface area contributed by atoms with E-state index in [9.17, 15) is 9.59 Å². The Kier molecular flexibility index (Phi) is 6.80. The molecule has 6 heteroatoms. The van der Waals surface area contributed by atoms with Crippen LogP contribution in [-0.2, 0) is 9.47 Å². The zero-order valence-electron chi connectivity index (χ0n) is 16.9. The molecule has 1 aromatic heterocycles. The van der Waals surface area contributed by atoms with Crippen molar-refractivity contribution in [1.29, 1.82) is 0 Å². The van der Waals surface area contributed by atoms with E-state index in [0.717, 1.165) is 17.1 Å². The van der Waals surface area contributed by atoms with Gasteiger partial charge in [-0.25, -0.2) is 4.79 Å². The van der Waals surface area contributed by atoms with E-state index < -0.39 is 5.97 Å². The first kappa shape index (κ1) is 20.7. The summed E-state index contributed by atoms with van der Waals surface area (Å²) in [5.74, 6) is -0.718. The lowest BCUT2D eigenvalue weighted by atomic mass is 10.1. The third kappa shape index (κ3) is 4.77. The summed E-state index contributed by atoms with van der Waals surface area (Å²) in [5, 5.41) is 0. The molecule has 0 saturated heterocycles. The first-order chi connectivity index (χ1) is 12.8. The molecule has 6 nitrogen and oxygen atoms in total. The Morgan fingerprint density at radius 3 is 2.52 bits per heavy atom. The Hall–Kier alpha value is -2.60. The van der Waals surface area contributed by atoms with E-state index in [1.807, 2.05) is 51.9 Å². The fourth-order valence-electron chi connectivity index (χ4n) is 3.26. The Balaban J connectivity index is 2.09. The lowest BCUT2D eigenvalue weighted by Gasteiger charge is -2.17. The minimum atomic E-state index is -0.506. The fraction of sp³-hybridized carbons (Fsp3) is 0.429. The third-order valence-electron chi connectivity index (χ3n) is 4.57. The summed E-state index contributed by atoms with van der Waals surface area (Å²) in [6.45, 7) is 6.16. The Bertz CT molecular complexity index is 824. The second kappa shape index (κ2) is 8.86. The second-order valence-corrected chi connectivity index (χ2v) is 6.90. The van der Waals surface area contributed by atoms with Gasteiger partial charge in [-0.15, -0.1) is 0 Å². The van der Waals surface area contributed by atoms with Crippen molar-refractivity contribution >= 4 is 17.4 Å². The van der Waals surface area contributed by atoms with Crippen molar-refractivity contribution in [3.8, 4) is 0 Å². The second-order valence-electron chi connectivity index (χ2n) is 6.90. The van der Waals surface area contributed by atoms with E-state index in [4.69, 9.17) is 9.47 Å². The highest BCUT2D eigenvalue weighted by atomic mass is 16.5. The molecule has 0 aliphatic heterocycles. The van der Waals surface area contributed by atoms with Gasteiger partial charge in [-0.1, -0.05) is 6.07 Å². The van der Waals surface area contributed by atoms with Crippen LogP contribution in [-0.4, -0.2) is 50.7 Å². The van der Waals surface area contributed by atoms with Gasteiger partial charge >= 0.3 is 5.97 Å². The molecule has 27 heavy (non-hydrogen) atoms. The molecule has 0 unspecified atom stereocenters. The van der Waals surface area contributed by atoms with Gasteiger partial charge < -0.3 is 18.9 Å². The third-order valence-corrected chi connectivity index (χ3v) is 4.57. The van der Waals surface area contributed by atoms with Crippen LogP contribution in [0.1, 0.15) is 45.1 Å². The minimum absolute atomic E-state index is 0.118. The van der Waals surface area contributed by atoms with Crippen LogP contribution >= 0.6 is 0 Å². The maximum atomic E-state index is 12.6. The lowest BCUT2D eigenvalue weighted by Crippen LogP contribution is -2.17. The van der Waals surface area contributed by atoms with Crippen LogP contribution in [0.5, 0.6) is 0 Å². The van der Waals surface area contributed by atoms with E-state index in [1.165, 1.54) is 0 Å². The largest absolute Gasteiger partial charge is 0.454 e. The molecule has 0 bridgehead atoms. The van der Waals surface area contributed by atoms with E-state index in [1.54, 1.807) is 25.3 Å². The molecule has 146 valence electrons. The summed E-state index contributed by atoms with van der Waals surface area (Å²) in [7, 11) is 5.45. The van der Waals surface area contributed by atoms with Gasteiger partial charge in [0, 0.05) is 43.8 Å². The van der Waals surface area contributed by atoms with Gasteiger partial charge in [-0.3, -0.25) is 4.79 Å². The minimum Gasteiger partial charge on any atom is -0.454 e. The van der Waals surface area contributed by atoms with Crippen LogP contribution in [0.2, 0.25) is 0 Å². The molecule has 2 aromatic rings. The van der Waals surface area contributed by atoms with Crippen molar-refractivity contribution in [3.05, 3.63) is 52.8 Å². The van der Waals surface area contributed by atoms with Crippen molar-refractivity contribution in [1.82, 2.24) is 4.57 Å². The number of esters is 1. The predicted octanol–water partition coefficient (Wildman–Crippen LogP) is 3.42. The van der Waals surface area contributed by atoms with Crippen LogP contribution in [0.4, 0.5) is 5.69 Å². The summed E-state index contributed by atoms with van der Waals surface area (Å²) in [6, 6.07) is 9.07. The van der Waals surface area contributed by atoms with E-state index in [0.29, 0.717) is 17.7 Å². The average Bonchev–Trinajstić information content (AvgIpc) is 2.94. The van der Waals surface area contributed by atoms with Gasteiger partial charge in [0.15, 0.2) is 6.61 Å². The Morgan fingerprint density at radius 2 is 1.89 bits per heavy atom. The molecule has 0 saturated carbocycles. The molecule has 0 aliphatic rings. The van der Waals surface area contributed by atoms with E-state index >= 15 is 0 Å². The van der Waals surface area contributed by atoms with Crippen LogP contribution in [0.3, 0.4) is 0 Å². The zero-order valence-corrected chi connectivity index (χ0v) is 16.9. The zero-order chi connectivity index (χ0) is 20.1. The Morgan fingerprint density at radius 1 is 1.19 bits per heavy atom. The van der Waals surface area contributed by atoms with Gasteiger partial charge in [0.05, 0.1) is 18.2 Å². The van der Waals surface area contributed by atoms with E-state index in [2.05, 4.69) is 4.57 Å². The standard InChI is InChI=1S/C21H28N2O4/c1-14-10-19(16(3)23(14)15(2)12-26-6)20(24)13-27-21(25)17-8-7-9-18(11-17)22(4)5/h7-11,15H,12-13H2,1-6H3/t15-/m0/s1. The SMILES string of the molecule is COC[C@H](C)n1c(C)cc(C(=O)COC(=O)c2cccc(N(C)C)c2)c1C. The number of anilines is 1. The van der Waals surface area contributed by atoms with Crippen LogP contribution < -0.4 is 4.90 Å². The summed E-state index contributed by atoms with van der Waals surface area (Å²) in [6.07, 6.45) is 0. The number of ketones is 1. The highest BCUT2D eigenvalue weighted by Gasteiger charge is 2.20. The maximum absolute atomic E-state index is 12.6. The number of aryl methyl sites for hydroxylation is 1. The molecule has 0 amide bonds. The molecular weight excluding hydrogens is 344 g/mol. The number of aromatic nitrogens is 1. The molecule has 1 atom stereocenters. The fourth-order valence-corrected chi connectivity index (χ4v) is 3.26. The van der Waals surface area contributed by atoms with Crippen molar-refractivity contribution < 1.29 is 19.1 Å². The van der Waals surface area contributed by atoms with Gasteiger partial charge in [0.1, 0.15) is 0 Å². The number of methoxy groups -OCH3 is 1. The first-order valence-corrected chi connectivity index (χ1v) is 8.91. The number of hydrogen-bond acceptors (Lipinski definition) is 5. The molecule has 0 radical (unpaired) electrons. The van der Waals surface area contributed by atoms with Crippen molar-refractivity contribution in [2.45, 2.75) is 26.8 Å². The highest BCUT2D eigenvalue weighted by Crippen LogP contribution is 2.21. The van der Waals surface area contributed by atoms with Gasteiger partial charge in [-0.05, 0) is 45.0 Å². The number of Topliss-reactive ketones (excluding diaryl/α,β-unsaturated/α-hetero) is 1. The molecule has 2 rings (SSSR count). The molecule has 0 aliphatic carbocycles. The number of hydrogen-bond donors (Lipinski definition) is 0. The summed E-state index contributed by atoms with van der Waals surface area (Å²) in [4.78, 5) is 26.8. The summed E-state index contributed by atoms with van der Waals surface area (Å²) in [5.41, 5.74) is 3.73. The topological polar surface area (TPSA) is 60.8 Å². The van der Waals surface area contributed by atoms with E-state index in [-0.39, 0.29) is 18.4 Å². The smallest absolute Gasteiger partial charge is 0.338 e. The van der Waals surface area contributed by atoms with Gasteiger partial charge in [0.25, 0.3) is 0 Å². The number of benzene rings is 1. The first-order valence-electron chi connectivity index (χ1n) is 8.91. The molecular formula is C21H28N2O4. The van der Waals surface area contributed by atoms with Gasteiger partial charge in [0.2, 0.25) is 5.78 Å². The molecule has 0 fully saturated rings. The molecule has 1 aromatic carbocycles. The van der Waals surface area contributed by atoms with Crippen molar-refractivity contribution in [3.63, 3.8) is 0 Å². The number of carbonyl (C=O) groups is 2. The van der Waals surface area contributed by atoms with Crippen LogP contribution in [0.15, 0.2) is 30.3 Å². The van der Waals surface area contributed by atoms with Crippen molar-refractivity contribution in [2.75, 3.05) is 39.3 Å². The molecule has 0 N–H and O–H groups in total. The number of ether oxygens (including phenoxy) is 2.